The quantitative estimate of drug-likeness (QED) is 0.779. The summed E-state index contributed by atoms with van der Waals surface area (Å²) >= 11 is 0. The fourth-order valence-corrected chi connectivity index (χ4v) is 3.07. The summed E-state index contributed by atoms with van der Waals surface area (Å²) in [6.45, 7) is 8.05. The number of likely N-dealkylation sites (tertiary alicyclic amines) is 1. The largest absolute Gasteiger partial charge is 0.466 e. The highest BCUT2D eigenvalue weighted by Crippen LogP contribution is 2.34. The van der Waals surface area contributed by atoms with Crippen LogP contribution in [0.1, 0.15) is 45.6 Å². The van der Waals surface area contributed by atoms with Crippen molar-refractivity contribution < 1.29 is 23.5 Å². The predicted octanol–water partition coefficient (Wildman–Crippen LogP) is 3.73. The van der Waals surface area contributed by atoms with Crippen LogP contribution in [0.3, 0.4) is 0 Å². The van der Waals surface area contributed by atoms with E-state index in [0.29, 0.717) is 13.0 Å². The molecule has 0 aliphatic carbocycles. The average molecular weight is 351 g/mol. The van der Waals surface area contributed by atoms with Crippen LogP contribution in [0.25, 0.3) is 0 Å². The first kappa shape index (κ1) is 19.2. The van der Waals surface area contributed by atoms with Crippen molar-refractivity contribution in [2.75, 3.05) is 19.7 Å². The number of benzene rings is 1. The number of carbonyl (C=O) groups excluding carboxylic acids is 2. The Labute approximate surface area is 148 Å². The van der Waals surface area contributed by atoms with E-state index < -0.39 is 17.6 Å². The molecule has 1 aromatic rings. The molecule has 138 valence electrons. The highest BCUT2D eigenvalue weighted by Gasteiger charge is 2.39. The molecule has 1 heterocycles. The first-order chi connectivity index (χ1) is 11.7. The van der Waals surface area contributed by atoms with Crippen LogP contribution in [0.5, 0.6) is 0 Å². The van der Waals surface area contributed by atoms with Crippen molar-refractivity contribution >= 4 is 12.1 Å². The fourth-order valence-electron chi connectivity index (χ4n) is 3.07. The Morgan fingerprint density at radius 2 is 2.04 bits per heavy atom. The lowest BCUT2D eigenvalue weighted by Crippen LogP contribution is -2.47. The Morgan fingerprint density at radius 3 is 2.64 bits per heavy atom. The maximum absolute atomic E-state index is 13.6. The number of piperidine rings is 1. The number of hydrogen-bond acceptors (Lipinski definition) is 4. The van der Waals surface area contributed by atoms with Gasteiger partial charge in [-0.25, -0.2) is 9.18 Å². The molecule has 25 heavy (non-hydrogen) atoms. The van der Waals surface area contributed by atoms with Gasteiger partial charge in [0.1, 0.15) is 11.4 Å². The van der Waals surface area contributed by atoms with Gasteiger partial charge in [-0.1, -0.05) is 12.1 Å². The second-order valence-corrected chi connectivity index (χ2v) is 7.24. The summed E-state index contributed by atoms with van der Waals surface area (Å²) in [5, 5.41) is 0. The van der Waals surface area contributed by atoms with Gasteiger partial charge in [-0.2, -0.15) is 0 Å². The van der Waals surface area contributed by atoms with Crippen LogP contribution in [0.4, 0.5) is 9.18 Å². The van der Waals surface area contributed by atoms with Gasteiger partial charge in [0.05, 0.1) is 12.5 Å². The minimum absolute atomic E-state index is 0.187. The molecule has 1 amide bonds. The van der Waals surface area contributed by atoms with Gasteiger partial charge in [0.2, 0.25) is 0 Å². The third-order valence-electron chi connectivity index (χ3n) is 4.13. The van der Waals surface area contributed by atoms with E-state index in [2.05, 4.69) is 0 Å². The monoisotopic (exact) mass is 351 g/mol. The van der Waals surface area contributed by atoms with E-state index >= 15 is 0 Å². The van der Waals surface area contributed by atoms with Gasteiger partial charge in [0.15, 0.2) is 0 Å². The van der Waals surface area contributed by atoms with Crippen LogP contribution >= 0.6 is 0 Å². The van der Waals surface area contributed by atoms with E-state index in [9.17, 15) is 14.0 Å². The van der Waals surface area contributed by atoms with Gasteiger partial charge in [-0.3, -0.25) is 4.79 Å². The minimum atomic E-state index is -0.601. The Morgan fingerprint density at radius 1 is 1.32 bits per heavy atom. The van der Waals surface area contributed by atoms with E-state index in [1.54, 1.807) is 33.8 Å². The minimum Gasteiger partial charge on any atom is -0.466 e. The Hall–Kier alpha value is -2.11. The molecule has 5 nitrogen and oxygen atoms in total. The van der Waals surface area contributed by atoms with Gasteiger partial charge < -0.3 is 14.4 Å². The second kappa shape index (κ2) is 7.85. The topological polar surface area (TPSA) is 55.8 Å². The Balaban J connectivity index is 2.20. The summed E-state index contributed by atoms with van der Waals surface area (Å²) in [5.74, 6) is -1.43. The zero-order valence-electron chi connectivity index (χ0n) is 15.3. The number of ether oxygens (including phenoxy) is 2. The van der Waals surface area contributed by atoms with Crippen LogP contribution in [0.15, 0.2) is 24.3 Å². The third kappa shape index (κ3) is 5.18. The molecule has 1 fully saturated rings. The van der Waals surface area contributed by atoms with Crippen molar-refractivity contribution in [3.63, 3.8) is 0 Å². The SMILES string of the molecule is CCOC(=O)[C@H]1CN(C(=O)OC(C)(C)C)CC[C@@H]1c1cccc(F)c1. The van der Waals surface area contributed by atoms with E-state index in [4.69, 9.17) is 9.47 Å². The van der Waals surface area contributed by atoms with Crippen molar-refractivity contribution in [2.45, 2.75) is 45.6 Å². The molecule has 1 aliphatic rings. The number of rotatable bonds is 3. The molecule has 0 bridgehead atoms. The lowest BCUT2D eigenvalue weighted by molar-refractivity contribution is -0.150. The number of esters is 1. The summed E-state index contributed by atoms with van der Waals surface area (Å²) in [6.07, 6.45) is 0.103. The normalized spacial score (nSPS) is 20.9. The van der Waals surface area contributed by atoms with Crippen LogP contribution < -0.4 is 0 Å². The Bertz CT molecular complexity index is 626. The first-order valence-electron chi connectivity index (χ1n) is 8.61. The van der Waals surface area contributed by atoms with Crippen LogP contribution in [-0.4, -0.2) is 42.3 Å². The molecule has 0 unspecified atom stereocenters. The van der Waals surface area contributed by atoms with Crippen LogP contribution in [0, 0.1) is 11.7 Å². The number of amides is 1. The summed E-state index contributed by atoms with van der Waals surface area (Å²) < 4.78 is 24.2. The first-order valence-corrected chi connectivity index (χ1v) is 8.61. The summed E-state index contributed by atoms with van der Waals surface area (Å²) in [5.41, 5.74) is 0.150. The van der Waals surface area contributed by atoms with E-state index in [-0.39, 0.29) is 30.9 Å². The molecule has 1 aliphatic heterocycles. The molecule has 0 radical (unpaired) electrons. The summed E-state index contributed by atoms with van der Waals surface area (Å²) in [6, 6.07) is 6.26. The van der Waals surface area contributed by atoms with Crippen molar-refractivity contribution in [1.29, 1.82) is 0 Å². The second-order valence-electron chi connectivity index (χ2n) is 7.24. The molecule has 0 N–H and O–H groups in total. The van der Waals surface area contributed by atoms with Gasteiger partial charge in [-0.05, 0) is 51.8 Å². The molecular weight excluding hydrogens is 325 g/mol. The molecule has 6 heteroatoms. The van der Waals surface area contributed by atoms with E-state index in [0.717, 1.165) is 5.56 Å². The van der Waals surface area contributed by atoms with Crippen LogP contribution in [-0.2, 0) is 14.3 Å². The highest BCUT2D eigenvalue weighted by molar-refractivity contribution is 5.76. The van der Waals surface area contributed by atoms with Gasteiger partial charge in [0, 0.05) is 19.0 Å². The molecule has 2 rings (SSSR count). The summed E-state index contributed by atoms with van der Waals surface area (Å²) in [4.78, 5) is 26.3. The predicted molar refractivity (Wildman–Crippen MR) is 91.7 cm³/mol. The molecule has 0 saturated carbocycles. The average Bonchev–Trinajstić information content (AvgIpc) is 2.53. The molecule has 1 aromatic carbocycles. The van der Waals surface area contributed by atoms with Crippen LogP contribution in [0.2, 0.25) is 0 Å². The fraction of sp³-hybridized carbons (Fsp3) is 0.579. The zero-order chi connectivity index (χ0) is 18.6. The molecular formula is C19H26FNO4. The van der Waals surface area contributed by atoms with Crippen molar-refractivity contribution in [3.05, 3.63) is 35.6 Å². The van der Waals surface area contributed by atoms with Crippen molar-refractivity contribution in [1.82, 2.24) is 4.90 Å². The molecule has 0 spiro atoms. The highest BCUT2D eigenvalue weighted by atomic mass is 19.1. The number of carbonyl (C=O) groups is 2. The van der Waals surface area contributed by atoms with Gasteiger partial charge in [-0.15, -0.1) is 0 Å². The van der Waals surface area contributed by atoms with E-state index in [1.807, 2.05) is 6.07 Å². The lowest BCUT2D eigenvalue weighted by Gasteiger charge is -2.38. The van der Waals surface area contributed by atoms with Crippen molar-refractivity contribution in [3.8, 4) is 0 Å². The molecule has 0 aromatic heterocycles. The maximum Gasteiger partial charge on any atom is 0.410 e. The molecule has 1 saturated heterocycles. The van der Waals surface area contributed by atoms with Crippen molar-refractivity contribution in [2.24, 2.45) is 5.92 Å². The van der Waals surface area contributed by atoms with Gasteiger partial charge >= 0.3 is 12.1 Å². The zero-order valence-corrected chi connectivity index (χ0v) is 15.3. The van der Waals surface area contributed by atoms with Gasteiger partial charge in [0.25, 0.3) is 0 Å². The Kier molecular flexibility index (Phi) is 6.03. The summed E-state index contributed by atoms with van der Waals surface area (Å²) in [7, 11) is 0. The van der Waals surface area contributed by atoms with E-state index in [1.165, 1.54) is 17.0 Å². The standard InChI is InChI=1S/C19H26FNO4/c1-5-24-17(22)16-12-21(18(23)25-19(2,3)4)10-9-15(16)13-7-6-8-14(20)11-13/h6-8,11,15-16H,5,9-10,12H2,1-4H3/t15-,16+/m1/s1. The molecule has 2 atom stereocenters. The number of nitrogens with zero attached hydrogens (tertiary/aromatic N) is 1. The number of hydrogen-bond donors (Lipinski definition) is 0. The third-order valence-corrected chi connectivity index (χ3v) is 4.13. The number of halogens is 1. The lowest BCUT2D eigenvalue weighted by atomic mass is 9.80. The maximum atomic E-state index is 13.6. The smallest absolute Gasteiger partial charge is 0.410 e.